The number of nitrogens with one attached hydrogen (secondary N) is 1. The molecule has 1 saturated heterocycles. The number of rotatable bonds is 5. The third-order valence-corrected chi connectivity index (χ3v) is 4.78. The Balaban J connectivity index is 1.88. The van der Waals surface area contributed by atoms with Gasteiger partial charge >= 0.3 is 6.03 Å². The van der Waals surface area contributed by atoms with Gasteiger partial charge in [0, 0.05) is 17.2 Å². The van der Waals surface area contributed by atoms with Gasteiger partial charge in [0.15, 0.2) is 0 Å². The molecule has 1 atom stereocenters. The van der Waals surface area contributed by atoms with Crippen molar-refractivity contribution in [2.75, 3.05) is 0 Å². The van der Waals surface area contributed by atoms with Crippen molar-refractivity contribution < 1.29 is 14.5 Å². The number of amides is 3. The summed E-state index contributed by atoms with van der Waals surface area (Å²) in [6.45, 7) is 1.86. The fourth-order valence-electron chi connectivity index (χ4n) is 3.05. The van der Waals surface area contributed by atoms with Crippen LogP contribution in [0.15, 0.2) is 48.5 Å². The Hall–Kier alpha value is -2.93. The molecule has 8 heteroatoms. The number of hydrogen-bond acceptors (Lipinski definition) is 4. The van der Waals surface area contributed by atoms with Crippen LogP contribution in [0.2, 0.25) is 5.02 Å². The fraction of sp³-hybridized carbons (Fsp3) is 0.222. The molecule has 0 radical (unpaired) electrons. The number of imide groups is 1. The average Bonchev–Trinajstić information content (AvgIpc) is 2.88. The van der Waals surface area contributed by atoms with Crippen LogP contribution in [0.3, 0.4) is 0 Å². The minimum Gasteiger partial charge on any atom is -0.319 e. The minimum absolute atomic E-state index is 0.0397. The van der Waals surface area contributed by atoms with Crippen LogP contribution in [0.5, 0.6) is 0 Å². The maximum Gasteiger partial charge on any atom is 0.325 e. The number of urea groups is 1. The monoisotopic (exact) mass is 373 g/mol. The molecule has 1 N–H and O–H groups in total. The van der Waals surface area contributed by atoms with E-state index in [1.807, 2.05) is 6.92 Å². The van der Waals surface area contributed by atoms with Crippen molar-refractivity contribution in [3.63, 3.8) is 0 Å². The van der Waals surface area contributed by atoms with Crippen LogP contribution in [0.25, 0.3) is 0 Å². The molecule has 0 unspecified atom stereocenters. The van der Waals surface area contributed by atoms with E-state index in [4.69, 9.17) is 11.6 Å². The number of carbonyl (C=O) groups is 2. The first-order chi connectivity index (χ1) is 12.4. The molecule has 2 aromatic carbocycles. The van der Waals surface area contributed by atoms with Gasteiger partial charge in [-0.05, 0) is 29.7 Å². The number of nitro groups is 1. The predicted molar refractivity (Wildman–Crippen MR) is 95.6 cm³/mol. The lowest BCUT2D eigenvalue weighted by Crippen LogP contribution is -2.43. The molecule has 0 aromatic heterocycles. The lowest BCUT2D eigenvalue weighted by molar-refractivity contribution is -0.384. The van der Waals surface area contributed by atoms with Crippen LogP contribution in [0.4, 0.5) is 10.5 Å². The van der Waals surface area contributed by atoms with Gasteiger partial charge in [0.2, 0.25) is 0 Å². The van der Waals surface area contributed by atoms with Crippen molar-refractivity contribution in [1.29, 1.82) is 0 Å². The highest BCUT2D eigenvalue weighted by molar-refractivity contribution is 6.30. The Morgan fingerprint density at radius 2 is 1.73 bits per heavy atom. The highest BCUT2D eigenvalue weighted by Crippen LogP contribution is 2.33. The van der Waals surface area contributed by atoms with Crippen LogP contribution < -0.4 is 5.32 Å². The van der Waals surface area contributed by atoms with E-state index in [-0.39, 0.29) is 18.1 Å². The first-order valence-corrected chi connectivity index (χ1v) is 8.38. The van der Waals surface area contributed by atoms with Crippen molar-refractivity contribution in [3.8, 4) is 0 Å². The normalized spacial score (nSPS) is 19.5. The molecule has 7 nitrogen and oxygen atoms in total. The van der Waals surface area contributed by atoms with Crippen molar-refractivity contribution in [1.82, 2.24) is 10.2 Å². The minimum atomic E-state index is -1.14. The van der Waals surface area contributed by atoms with Gasteiger partial charge < -0.3 is 5.32 Å². The molecule has 0 spiro atoms. The molecular formula is C18H16ClN3O4. The van der Waals surface area contributed by atoms with Crippen molar-refractivity contribution >= 4 is 29.2 Å². The van der Waals surface area contributed by atoms with Crippen LogP contribution in [0.1, 0.15) is 24.5 Å². The van der Waals surface area contributed by atoms with E-state index in [0.717, 1.165) is 4.90 Å². The highest BCUT2D eigenvalue weighted by atomic mass is 35.5. The number of nitrogens with zero attached hydrogens (tertiary/aromatic N) is 2. The van der Waals surface area contributed by atoms with E-state index in [1.165, 1.54) is 24.3 Å². The van der Waals surface area contributed by atoms with Gasteiger partial charge in [0.05, 0.1) is 11.5 Å². The van der Waals surface area contributed by atoms with Crippen LogP contribution in [-0.2, 0) is 16.9 Å². The average molecular weight is 374 g/mol. The zero-order chi connectivity index (χ0) is 18.9. The first-order valence-electron chi connectivity index (χ1n) is 8.01. The molecule has 2 aromatic rings. The van der Waals surface area contributed by atoms with Crippen molar-refractivity contribution in [3.05, 3.63) is 74.8 Å². The molecule has 3 rings (SSSR count). The number of carbonyl (C=O) groups excluding carboxylic acids is 2. The van der Waals surface area contributed by atoms with Gasteiger partial charge in [-0.25, -0.2) is 4.79 Å². The second-order valence-electron chi connectivity index (χ2n) is 6.01. The Bertz CT molecular complexity index is 867. The van der Waals surface area contributed by atoms with E-state index >= 15 is 0 Å². The van der Waals surface area contributed by atoms with Crippen molar-refractivity contribution in [2.24, 2.45) is 0 Å². The molecule has 1 aliphatic heterocycles. The Morgan fingerprint density at radius 1 is 1.12 bits per heavy atom. The zero-order valence-corrected chi connectivity index (χ0v) is 14.7. The fourth-order valence-corrected chi connectivity index (χ4v) is 3.18. The maximum absolute atomic E-state index is 13.0. The Kier molecular flexibility index (Phi) is 4.65. The molecule has 0 aliphatic carbocycles. The maximum atomic E-state index is 13.0. The summed E-state index contributed by atoms with van der Waals surface area (Å²) >= 11 is 5.91. The van der Waals surface area contributed by atoms with Gasteiger partial charge in [0.25, 0.3) is 11.6 Å². The molecular weight excluding hydrogens is 358 g/mol. The molecule has 134 valence electrons. The summed E-state index contributed by atoms with van der Waals surface area (Å²) in [5.41, 5.74) is 0.105. The second-order valence-corrected chi connectivity index (χ2v) is 6.45. The van der Waals surface area contributed by atoms with E-state index < -0.39 is 16.5 Å². The summed E-state index contributed by atoms with van der Waals surface area (Å²) in [5, 5.41) is 14.1. The lowest BCUT2D eigenvalue weighted by Gasteiger charge is -2.25. The standard InChI is InChI=1S/C18H16ClN3O4/c1-2-18(13-5-7-14(19)8-6-13)16(23)21(17(24)20-18)11-12-3-9-15(10-4-12)22(25)26/h3-10H,2,11H2,1H3,(H,20,24)/t18-/m0/s1. The Labute approximate surface area is 154 Å². The summed E-state index contributed by atoms with van der Waals surface area (Å²) in [6.07, 6.45) is 0.385. The number of benzene rings is 2. The quantitative estimate of drug-likeness (QED) is 0.492. The lowest BCUT2D eigenvalue weighted by atomic mass is 9.87. The zero-order valence-electron chi connectivity index (χ0n) is 13.9. The van der Waals surface area contributed by atoms with Gasteiger partial charge in [-0.15, -0.1) is 0 Å². The summed E-state index contributed by atoms with van der Waals surface area (Å²) < 4.78 is 0. The molecule has 0 saturated carbocycles. The number of halogens is 1. The SMILES string of the molecule is CC[C@@]1(c2ccc(Cl)cc2)NC(=O)N(Cc2ccc([N+](=O)[O-])cc2)C1=O. The summed E-state index contributed by atoms with van der Waals surface area (Å²) in [4.78, 5) is 36.8. The molecule has 1 fully saturated rings. The molecule has 1 heterocycles. The van der Waals surface area contributed by atoms with Gasteiger partial charge in [-0.2, -0.15) is 0 Å². The molecule has 0 bridgehead atoms. The van der Waals surface area contributed by atoms with Gasteiger partial charge in [0.1, 0.15) is 5.54 Å². The van der Waals surface area contributed by atoms with Crippen molar-refractivity contribution in [2.45, 2.75) is 25.4 Å². The van der Waals surface area contributed by atoms with Gasteiger partial charge in [-0.1, -0.05) is 42.8 Å². The topological polar surface area (TPSA) is 92.6 Å². The largest absolute Gasteiger partial charge is 0.325 e. The predicted octanol–water partition coefficient (Wildman–Crippen LogP) is 3.61. The summed E-state index contributed by atoms with van der Waals surface area (Å²) in [6, 6.07) is 12.1. The molecule has 26 heavy (non-hydrogen) atoms. The molecule has 1 aliphatic rings. The summed E-state index contributed by atoms with van der Waals surface area (Å²) in [5.74, 6) is -0.356. The second kappa shape index (κ2) is 6.76. The van der Waals surface area contributed by atoms with E-state index in [9.17, 15) is 19.7 Å². The number of non-ortho nitro benzene ring substituents is 1. The van der Waals surface area contributed by atoms with E-state index in [0.29, 0.717) is 22.6 Å². The smallest absolute Gasteiger partial charge is 0.319 e. The highest BCUT2D eigenvalue weighted by Gasteiger charge is 2.51. The first kappa shape index (κ1) is 17.9. The van der Waals surface area contributed by atoms with Crippen LogP contribution in [0, 0.1) is 10.1 Å². The number of nitro benzene ring substituents is 1. The number of hydrogen-bond donors (Lipinski definition) is 1. The van der Waals surface area contributed by atoms with Crippen LogP contribution >= 0.6 is 11.6 Å². The van der Waals surface area contributed by atoms with E-state index in [1.54, 1.807) is 24.3 Å². The van der Waals surface area contributed by atoms with Gasteiger partial charge in [-0.3, -0.25) is 19.8 Å². The summed E-state index contributed by atoms with van der Waals surface area (Å²) in [7, 11) is 0. The third kappa shape index (κ3) is 3.01. The van der Waals surface area contributed by atoms with E-state index in [2.05, 4.69) is 5.32 Å². The third-order valence-electron chi connectivity index (χ3n) is 4.53. The Morgan fingerprint density at radius 3 is 2.27 bits per heavy atom. The van der Waals surface area contributed by atoms with Crippen LogP contribution in [-0.4, -0.2) is 21.8 Å². The molecule has 3 amide bonds.